The average molecular weight is 558 g/mol. The zero-order valence-corrected chi connectivity index (χ0v) is 23.6. The number of morpholine rings is 1. The molecule has 0 bridgehead atoms. The third-order valence-electron chi connectivity index (χ3n) is 7.42. The molecule has 0 unspecified atom stereocenters. The third kappa shape index (κ3) is 5.31. The molecule has 10 heteroatoms. The van der Waals surface area contributed by atoms with Crippen LogP contribution in [0.3, 0.4) is 0 Å². The van der Waals surface area contributed by atoms with Crippen LogP contribution in [-0.2, 0) is 11.2 Å². The monoisotopic (exact) mass is 557 g/mol. The van der Waals surface area contributed by atoms with Crippen molar-refractivity contribution in [1.29, 1.82) is 0 Å². The van der Waals surface area contributed by atoms with Crippen molar-refractivity contribution in [3.8, 4) is 11.5 Å². The van der Waals surface area contributed by atoms with Crippen molar-refractivity contribution in [2.45, 2.75) is 20.3 Å². The number of anilines is 5. The zero-order valence-electron chi connectivity index (χ0n) is 23.6. The first-order chi connectivity index (χ1) is 20.6. The Hall–Kier alpha value is -5.09. The molecule has 210 valence electrons. The Balaban J connectivity index is 1.14. The molecule has 2 aromatic carbocycles. The first-order valence-corrected chi connectivity index (χ1v) is 14.2. The van der Waals surface area contributed by atoms with E-state index in [9.17, 15) is 0 Å². The van der Waals surface area contributed by atoms with Crippen LogP contribution in [0.1, 0.15) is 18.3 Å². The zero-order chi connectivity index (χ0) is 28.5. The number of ether oxygens (including phenoxy) is 1. The molecule has 10 nitrogen and oxygen atoms in total. The van der Waals surface area contributed by atoms with Crippen molar-refractivity contribution in [3.05, 3.63) is 84.3 Å². The van der Waals surface area contributed by atoms with E-state index >= 15 is 0 Å². The van der Waals surface area contributed by atoms with Crippen molar-refractivity contribution < 1.29 is 4.74 Å². The number of nitrogens with zero attached hydrogens (tertiary/aromatic N) is 6. The van der Waals surface area contributed by atoms with Gasteiger partial charge in [-0.2, -0.15) is 0 Å². The topological polar surface area (TPSA) is 117 Å². The number of hydrogen-bond acceptors (Lipinski definition) is 9. The third-order valence-corrected chi connectivity index (χ3v) is 7.42. The minimum Gasteiger partial charge on any atom is -0.378 e. The molecule has 1 fully saturated rings. The Kier molecular flexibility index (Phi) is 6.81. The number of fused-ring (bicyclic) bond motifs is 2. The van der Waals surface area contributed by atoms with E-state index in [4.69, 9.17) is 14.7 Å². The summed E-state index contributed by atoms with van der Waals surface area (Å²) in [5, 5.41) is 16.9. The molecule has 1 aliphatic rings. The van der Waals surface area contributed by atoms with Crippen molar-refractivity contribution in [2.24, 2.45) is 0 Å². The summed E-state index contributed by atoms with van der Waals surface area (Å²) in [6.07, 6.45) is 2.63. The van der Waals surface area contributed by atoms with Crippen LogP contribution in [0, 0.1) is 6.92 Å². The molecule has 1 saturated heterocycles. The minimum atomic E-state index is 0.653. The van der Waals surface area contributed by atoms with E-state index in [2.05, 4.69) is 66.9 Å². The molecule has 0 saturated carbocycles. The number of nitrogens with one attached hydrogen (secondary N) is 3. The molecule has 7 rings (SSSR count). The molecule has 0 atom stereocenters. The van der Waals surface area contributed by atoms with Crippen LogP contribution in [0.2, 0.25) is 0 Å². The lowest BCUT2D eigenvalue weighted by Crippen LogP contribution is -2.36. The fraction of sp³-hybridized carbons (Fsp3) is 0.219. The summed E-state index contributed by atoms with van der Waals surface area (Å²) in [5.41, 5.74) is 9.43. The van der Waals surface area contributed by atoms with E-state index in [0.29, 0.717) is 17.3 Å². The summed E-state index contributed by atoms with van der Waals surface area (Å²) in [6.45, 7) is 7.33. The first kappa shape index (κ1) is 25.8. The largest absolute Gasteiger partial charge is 0.378 e. The Bertz CT molecular complexity index is 1880. The Labute approximate surface area is 243 Å². The second-order valence-corrected chi connectivity index (χ2v) is 10.4. The smallest absolute Gasteiger partial charge is 0.159 e. The van der Waals surface area contributed by atoms with Gasteiger partial charge in [-0.3, -0.25) is 9.97 Å². The highest BCUT2D eigenvalue weighted by Crippen LogP contribution is 2.31. The number of imidazole rings is 1. The first-order valence-electron chi connectivity index (χ1n) is 14.2. The summed E-state index contributed by atoms with van der Waals surface area (Å²) >= 11 is 0. The maximum atomic E-state index is 5.54. The van der Waals surface area contributed by atoms with E-state index in [0.717, 1.165) is 83.1 Å². The van der Waals surface area contributed by atoms with Gasteiger partial charge < -0.3 is 25.3 Å². The SMILES string of the molecule is CCc1cc(Nc2ccc(-c3nc4cc(Nc5ccnc(C)c5)ccc4[nH]3)nn2)c2cc(N3CCOCC3)ccc2n1. The number of H-pyrrole nitrogens is 1. The molecule has 0 spiro atoms. The highest BCUT2D eigenvalue weighted by molar-refractivity contribution is 5.95. The van der Waals surface area contributed by atoms with Gasteiger partial charge in [-0.25, -0.2) is 4.98 Å². The predicted octanol–water partition coefficient (Wildman–Crippen LogP) is 6.16. The summed E-state index contributed by atoms with van der Waals surface area (Å²) < 4.78 is 5.54. The van der Waals surface area contributed by atoms with Gasteiger partial charge in [0.2, 0.25) is 0 Å². The second-order valence-electron chi connectivity index (χ2n) is 10.4. The van der Waals surface area contributed by atoms with Gasteiger partial charge in [0.05, 0.1) is 35.5 Å². The number of hydrogen-bond donors (Lipinski definition) is 3. The van der Waals surface area contributed by atoms with Crippen LogP contribution in [0.15, 0.2) is 72.9 Å². The number of rotatable bonds is 7. The van der Waals surface area contributed by atoms with Gasteiger partial charge in [-0.1, -0.05) is 6.92 Å². The van der Waals surface area contributed by atoms with E-state index in [1.165, 1.54) is 5.69 Å². The van der Waals surface area contributed by atoms with Crippen LogP contribution in [0.25, 0.3) is 33.5 Å². The molecular formula is C32H31N9O. The van der Waals surface area contributed by atoms with E-state index in [1.807, 2.05) is 49.4 Å². The number of aryl methyl sites for hydroxylation is 2. The van der Waals surface area contributed by atoms with E-state index in [1.54, 1.807) is 6.20 Å². The highest BCUT2D eigenvalue weighted by atomic mass is 16.5. The van der Waals surface area contributed by atoms with Gasteiger partial charge in [0.25, 0.3) is 0 Å². The number of pyridine rings is 2. The number of aromatic amines is 1. The standard InChI is InChI=1S/C32H31N9O/c1-3-21-17-29(25-19-24(5-7-26(25)35-21)41-12-14-42-15-13-41)36-31-9-8-28(39-40-31)32-37-27-6-4-22(18-30(27)38-32)34-23-10-11-33-20(2)16-23/h4-11,16-19H,3,12-15H2,1-2H3,(H,33,34)(H,37,38)(H,35,36,40). The fourth-order valence-electron chi connectivity index (χ4n) is 5.23. The lowest BCUT2D eigenvalue weighted by Gasteiger charge is -2.29. The predicted molar refractivity (Wildman–Crippen MR) is 167 cm³/mol. The Morgan fingerprint density at radius 2 is 1.74 bits per heavy atom. The molecule has 42 heavy (non-hydrogen) atoms. The van der Waals surface area contributed by atoms with Crippen molar-refractivity contribution in [2.75, 3.05) is 41.8 Å². The molecular weight excluding hydrogens is 526 g/mol. The lowest BCUT2D eigenvalue weighted by atomic mass is 10.1. The van der Waals surface area contributed by atoms with Crippen LogP contribution >= 0.6 is 0 Å². The fourth-order valence-corrected chi connectivity index (χ4v) is 5.23. The Morgan fingerprint density at radius 1 is 0.857 bits per heavy atom. The van der Waals surface area contributed by atoms with Gasteiger partial charge in [0.1, 0.15) is 5.69 Å². The van der Waals surface area contributed by atoms with Crippen molar-refractivity contribution >= 4 is 50.5 Å². The number of benzene rings is 2. The molecule has 0 amide bonds. The summed E-state index contributed by atoms with van der Waals surface area (Å²) in [4.78, 5) is 19.6. The summed E-state index contributed by atoms with van der Waals surface area (Å²) in [5.74, 6) is 1.32. The van der Waals surface area contributed by atoms with Gasteiger partial charge in [-0.05, 0) is 80.1 Å². The average Bonchev–Trinajstić information content (AvgIpc) is 3.45. The van der Waals surface area contributed by atoms with Crippen LogP contribution in [0.4, 0.5) is 28.6 Å². The van der Waals surface area contributed by atoms with Gasteiger partial charge in [0.15, 0.2) is 11.6 Å². The molecule has 0 aliphatic carbocycles. The van der Waals surface area contributed by atoms with E-state index < -0.39 is 0 Å². The molecule has 0 radical (unpaired) electrons. The molecule has 3 N–H and O–H groups in total. The minimum absolute atomic E-state index is 0.653. The highest BCUT2D eigenvalue weighted by Gasteiger charge is 2.15. The maximum absolute atomic E-state index is 5.54. The van der Waals surface area contributed by atoms with Crippen LogP contribution < -0.4 is 15.5 Å². The second kappa shape index (κ2) is 11.1. The summed E-state index contributed by atoms with van der Waals surface area (Å²) in [7, 11) is 0. The van der Waals surface area contributed by atoms with Gasteiger partial charge in [0, 0.05) is 53.1 Å². The van der Waals surface area contributed by atoms with Crippen molar-refractivity contribution in [1.82, 2.24) is 30.1 Å². The molecule has 6 aromatic rings. The maximum Gasteiger partial charge on any atom is 0.159 e. The Morgan fingerprint density at radius 3 is 2.55 bits per heavy atom. The van der Waals surface area contributed by atoms with Crippen LogP contribution in [0.5, 0.6) is 0 Å². The molecule has 5 heterocycles. The summed E-state index contributed by atoms with van der Waals surface area (Å²) in [6, 6.07) is 22.4. The molecule has 4 aromatic heterocycles. The van der Waals surface area contributed by atoms with Crippen LogP contribution in [-0.4, -0.2) is 56.4 Å². The number of aromatic nitrogens is 6. The molecule has 1 aliphatic heterocycles. The van der Waals surface area contributed by atoms with Crippen molar-refractivity contribution in [3.63, 3.8) is 0 Å². The van der Waals surface area contributed by atoms with Gasteiger partial charge >= 0.3 is 0 Å². The van der Waals surface area contributed by atoms with E-state index in [-0.39, 0.29) is 0 Å². The lowest BCUT2D eigenvalue weighted by molar-refractivity contribution is 0.122. The quantitative estimate of drug-likeness (QED) is 0.212. The van der Waals surface area contributed by atoms with Gasteiger partial charge in [-0.15, -0.1) is 10.2 Å². The normalized spacial score (nSPS) is 13.5.